The average Bonchev–Trinajstić information content (AvgIpc) is 3.06. The number of hydrogen-bond acceptors (Lipinski definition) is 5. The Morgan fingerprint density at radius 1 is 1.26 bits per heavy atom. The monoisotopic (exact) mass is 314 g/mol. The van der Waals surface area contributed by atoms with Crippen LogP contribution in [0.2, 0.25) is 0 Å². The molecule has 0 bridgehead atoms. The Kier molecular flexibility index (Phi) is 4.71. The molecule has 0 amide bonds. The van der Waals surface area contributed by atoms with Gasteiger partial charge in [0, 0.05) is 12.5 Å². The Hall–Kier alpha value is -2.21. The van der Waals surface area contributed by atoms with E-state index >= 15 is 0 Å². The maximum absolute atomic E-state index is 11.6. The first-order chi connectivity index (χ1) is 11.2. The van der Waals surface area contributed by atoms with Crippen LogP contribution < -0.4 is 5.73 Å². The summed E-state index contributed by atoms with van der Waals surface area (Å²) in [7, 11) is 1.38. The van der Waals surface area contributed by atoms with Crippen LogP contribution >= 0.6 is 0 Å². The third-order valence-corrected chi connectivity index (χ3v) is 4.50. The van der Waals surface area contributed by atoms with Crippen LogP contribution in [0, 0.1) is 0 Å². The number of ether oxygens (including phenoxy) is 1. The minimum absolute atomic E-state index is 0.342. The number of carbonyl (C=O) groups is 1. The van der Waals surface area contributed by atoms with Crippen molar-refractivity contribution in [2.45, 2.75) is 44.6 Å². The molecular weight excluding hydrogens is 292 g/mol. The van der Waals surface area contributed by atoms with E-state index in [1.165, 1.54) is 26.4 Å². The summed E-state index contributed by atoms with van der Waals surface area (Å²) >= 11 is 0. The summed E-state index contributed by atoms with van der Waals surface area (Å²) in [5, 5.41) is 8.55. The van der Waals surface area contributed by atoms with Crippen LogP contribution in [-0.4, -0.2) is 28.1 Å². The van der Waals surface area contributed by atoms with Gasteiger partial charge in [-0.05, 0) is 37.1 Å². The van der Waals surface area contributed by atoms with E-state index in [2.05, 4.69) is 10.3 Å². The van der Waals surface area contributed by atoms with Gasteiger partial charge in [-0.1, -0.05) is 24.5 Å². The minimum atomic E-state index is -0.342. The third kappa shape index (κ3) is 3.12. The van der Waals surface area contributed by atoms with Gasteiger partial charge >= 0.3 is 5.97 Å². The smallest absolute Gasteiger partial charge is 0.337 e. The van der Waals surface area contributed by atoms with Crippen molar-refractivity contribution in [3.8, 4) is 5.69 Å². The minimum Gasteiger partial charge on any atom is -0.465 e. The molecule has 0 unspecified atom stereocenters. The molecule has 23 heavy (non-hydrogen) atoms. The van der Waals surface area contributed by atoms with Gasteiger partial charge in [-0.25, -0.2) is 9.48 Å². The predicted molar refractivity (Wildman–Crippen MR) is 86.4 cm³/mol. The topological polar surface area (TPSA) is 83.0 Å². The van der Waals surface area contributed by atoms with Gasteiger partial charge in [0.05, 0.1) is 24.1 Å². The standard InChI is InChI=1S/C17H22N4O2/c1-23-17(22)13-7-9-14(10-8-13)21-16(15(11-18)19-20-21)12-5-3-2-4-6-12/h7-10,12H,2-6,11,18H2,1H3. The Bertz CT molecular complexity index is 672. The highest BCUT2D eigenvalue weighted by Gasteiger charge is 2.24. The number of benzene rings is 1. The van der Waals surface area contributed by atoms with Crippen molar-refractivity contribution in [3.63, 3.8) is 0 Å². The molecule has 6 nitrogen and oxygen atoms in total. The van der Waals surface area contributed by atoms with Crippen LogP contribution in [0.4, 0.5) is 0 Å². The van der Waals surface area contributed by atoms with Crippen molar-refractivity contribution in [1.29, 1.82) is 0 Å². The van der Waals surface area contributed by atoms with Crippen molar-refractivity contribution in [1.82, 2.24) is 15.0 Å². The highest BCUT2D eigenvalue weighted by Crippen LogP contribution is 2.34. The van der Waals surface area contributed by atoms with Crippen molar-refractivity contribution in [3.05, 3.63) is 41.2 Å². The summed E-state index contributed by atoms with van der Waals surface area (Å²) in [4.78, 5) is 11.6. The molecule has 1 aromatic heterocycles. The van der Waals surface area contributed by atoms with E-state index in [1.807, 2.05) is 16.8 Å². The number of hydrogen-bond donors (Lipinski definition) is 1. The number of rotatable bonds is 4. The number of methoxy groups -OCH3 is 1. The summed E-state index contributed by atoms with van der Waals surface area (Å²) < 4.78 is 6.61. The summed E-state index contributed by atoms with van der Waals surface area (Å²) in [6, 6.07) is 7.23. The zero-order valence-electron chi connectivity index (χ0n) is 13.4. The molecule has 1 fully saturated rings. The molecule has 122 valence electrons. The number of nitrogens with two attached hydrogens (primary N) is 1. The summed E-state index contributed by atoms with van der Waals surface area (Å²) in [6.07, 6.45) is 6.08. The van der Waals surface area contributed by atoms with Gasteiger partial charge in [0.25, 0.3) is 0 Å². The summed E-state index contributed by atoms with van der Waals surface area (Å²) in [5.74, 6) is 0.114. The summed E-state index contributed by atoms with van der Waals surface area (Å²) in [6.45, 7) is 0.395. The number of aromatic nitrogens is 3. The highest BCUT2D eigenvalue weighted by molar-refractivity contribution is 5.89. The molecule has 2 aromatic rings. The first kappa shape index (κ1) is 15.7. The lowest BCUT2D eigenvalue weighted by Gasteiger charge is -2.23. The van der Waals surface area contributed by atoms with Crippen LogP contribution in [0.25, 0.3) is 5.69 Å². The first-order valence-corrected chi connectivity index (χ1v) is 8.08. The van der Waals surface area contributed by atoms with E-state index in [0.29, 0.717) is 18.0 Å². The molecule has 0 aliphatic heterocycles. The van der Waals surface area contributed by atoms with Gasteiger partial charge in [-0.15, -0.1) is 5.10 Å². The van der Waals surface area contributed by atoms with Crippen molar-refractivity contribution in [2.24, 2.45) is 5.73 Å². The van der Waals surface area contributed by atoms with Gasteiger partial charge in [-0.3, -0.25) is 0 Å². The molecule has 0 spiro atoms. The number of esters is 1. The second kappa shape index (κ2) is 6.91. The van der Waals surface area contributed by atoms with Crippen LogP contribution in [0.3, 0.4) is 0 Å². The molecule has 0 saturated heterocycles. The normalized spacial score (nSPS) is 15.6. The Labute approximate surface area is 135 Å². The van der Waals surface area contributed by atoms with Gasteiger partial charge in [-0.2, -0.15) is 0 Å². The van der Waals surface area contributed by atoms with E-state index in [1.54, 1.807) is 12.1 Å². The maximum Gasteiger partial charge on any atom is 0.337 e. The molecule has 1 saturated carbocycles. The molecule has 0 atom stereocenters. The van der Waals surface area contributed by atoms with Gasteiger partial charge in [0.15, 0.2) is 0 Å². The quantitative estimate of drug-likeness (QED) is 0.877. The zero-order chi connectivity index (χ0) is 16.2. The van der Waals surface area contributed by atoms with Crippen LogP contribution in [-0.2, 0) is 11.3 Å². The molecule has 3 rings (SSSR count). The number of nitrogens with zero attached hydrogens (tertiary/aromatic N) is 3. The molecule has 1 aromatic carbocycles. The lowest BCUT2D eigenvalue weighted by atomic mass is 9.86. The second-order valence-corrected chi connectivity index (χ2v) is 5.91. The van der Waals surface area contributed by atoms with E-state index in [4.69, 9.17) is 10.5 Å². The van der Waals surface area contributed by atoms with E-state index in [0.717, 1.165) is 29.9 Å². The second-order valence-electron chi connectivity index (χ2n) is 5.91. The van der Waals surface area contributed by atoms with Gasteiger partial charge < -0.3 is 10.5 Å². The Morgan fingerprint density at radius 2 is 1.96 bits per heavy atom. The molecule has 1 aliphatic rings. The first-order valence-electron chi connectivity index (χ1n) is 8.08. The largest absolute Gasteiger partial charge is 0.465 e. The van der Waals surface area contributed by atoms with Crippen molar-refractivity contribution in [2.75, 3.05) is 7.11 Å². The van der Waals surface area contributed by atoms with E-state index in [-0.39, 0.29) is 5.97 Å². The van der Waals surface area contributed by atoms with Gasteiger partial charge in [0.2, 0.25) is 0 Å². The lowest BCUT2D eigenvalue weighted by Crippen LogP contribution is -2.14. The predicted octanol–water partition coefficient (Wildman–Crippen LogP) is 2.56. The molecule has 1 aliphatic carbocycles. The Balaban J connectivity index is 1.96. The van der Waals surface area contributed by atoms with Crippen LogP contribution in [0.5, 0.6) is 0 Å². The highest BCUT2D eigenvalue weighted by atomic mass is 16.5. The van der Waals surface area contributed by atoms with Crippen molar-refractivity contribution >= 4 is 5.97 Å². The fraction of sp³-hybridized carbons (Fsp3) is 0.471. The fourth-order valence-electron chi connectivity index (χ4n) is 3.30. The number of carbonyl (C=O) groups excluding carboxylic acids is 1. The Morgan fingerprint density at radius 3 is 2.57 bits per heavy atom. The molecule has 1 heterocycles. The molecular formula is C17H22N4O2. The van der Waals surface area contributed by atoms with Crippen LogP contribution in [0.15, 0.2) is 24.3 Å². The van der Waals surface area contributed by atoms with E-state index in [9.17, 15) is 4.79 Å². The van der Waals surface area contributed by atoms with E-state index < -0.39 is 0 Å². The third-order valence-electron chi connectivity index (χ3n) is 4.50. The molecule has 0 radical (unpaired) electrons. The molecule has 6 heteroatoms. The van der Waals surface area contributed by atoms with Gasteiger partial charge in [0.1, 0.15) is 5.69 Å². The SMILES string of the molecule is COC(=O)c1ccc(-n2nnc(CN)c2C2CCCCC2)cc1. The maximum atomic E-state index is 11.6. The average molecular weight is 314 g/mol. The van der Waals surface area contributed by atoms with Crippen LogP contribution in [0.1, 0.15) is 59.8 Å². The summed E-state index contributed by atoms with van der Waals surface area (Å²) in [5.41, 5.74) is 9.26. The fourth-order valence-corrected chi connectivity index (χ4v) is 3.30. The zero-order valence-corrected chi connectivity index (χ0v) is 13.4. The molecule has 2 N–H and O–H groups in total. The van der Waals surface area contributed by atoms with Crippen molar-refractivity contribution < 1.29 is 9.53 Å². The lowest BCUT2D eigenvalue weighted by molar-refractivity contribution is 0.0601.